The summed E-state index contributed by atoms with van der Waals surface area (Å²) in [5, 5.41) is 20.4. The molecular weight excluding hydrogens is 350 g/mol. The summed E-state index contributed by atoms with van der Waals surface area (Å²) >= 11 is 11.6. The minimum atomic E-state index is -2.20. The van der Waals surface area contributed by atoms with Gasteiger partial charge in [-0.15, -0.1) is 0 Å². The average molecular weight is 361 g/mol. The number of aromatic nitrogens is 3. The van der Waals surface area contributed by atoms with Gasteiger partial charge in [0.1, 0.15) is 11.3 Å². The van der Waals surface area contributed by atoms with Crippen molar-refractivity contribution in [2.24, 2.45) is 0 Å². The first-order valence-electron chi connectivity index (χ1n) is 6.91. The standard InChI is InChI=1S/C13H11Cl2FN4O3/c14-10-8(16)9-5(4-17-10)11(19-12(15)18-9)20-6-3-7(6)23-2-1-13(20,21)22/h4,6-7,21-22H,1-3H2. The van der Waals surface area contributed by atoms with Gasteiger partial charge >= 0.3 is 0 Å². The molecule has 2 aliphatic rings. The van der Waals surface area contributed by atoms with Gasteiger partial charge in [0.2, 0.25) is 11.2 Å². The van der Waals surface area contributed by atoms with Crippen LogP contribution in [-0.4, -0.2) is 49.8 Å². The van der Waals surface area contributed by atoms with Crippen LogP contribution in [0.25, 0.3) is 10.9 Å². The number of nitrogens with zero attached hydrogens (tertiary/aromatic N) is 4. The Labute approximate surface area is 139 Å². The molecule has 2 aromatic heterocycles. The Morgan fingerprint density at radius 2 is 2.13 bits per heavy atom. The van der Waals surface area contributed by atoms with Gasteiger partial charge < -0.3 is 14.9 Å². The number of pyridine rings is 1. The maximum Gasteiger partial charge on any atom is 0.250 e. The van der Waals surface area contributed by atoms with E-state index >= 15 is 0 Å². The number of anilines is 1. The van der Waals surface area contributed by atoms with Gasteiger partial charge in [0.25, 0.3) is 0 Å². The fraction of sp³-hybridized carbons (Fsp3) is 0.462. The second-order valence-electron chi connectivity index (χ2n) is 5.55. The fourth-order valence-electron chi connectivity index (χ4n) is 2.85. The van der Waals surface area contributed by atoms with Crippen molar-refractivity contribution < 1.29 is 19.3 Å². The van der Waals surface area contributed by atoms with E-state index in [0.717, 1.165) is 0 Å². The monoisotopic (exact) mass is 360 g/mol. The zero-order valence-electron chi connectivity index (χ0n) is 11.6. The van der Waals surface area contributed by atoms with E-state index in [1.54, 1.807) is 0 Å². The van der Waals surface area contributed by atoms with Crippen LogP contribution in [0.15, 0.2) is 6.20 Å². The molecule has 10 heteroatoms. The molecule has 2 aromatic rings. The smallest absolute Gasteiger partial charge is 0.250 e. The summed E-state index contributed by atoms with van der Waals surface area (Å²) < 4.78 is 19.7. The molecule has 0 bridgehead atoms. The van der Waals surface area contributed by atoms with Crippen molar-refractivity contribution in [3.05, 3.63) is 22.5 Å². The highest BCUT2D eigenvalue weighted by Gasteiger charge is 2.53. The first-order chi connectivity index (χ1) is 10.9. The van der Waals surface area contributed by atoms with Gasteiger partial charge in [-0.05, 0) is 18.0 Å². The van der Waals surface area contributed by atoms with Crippen LogP contribution < -0.4 is 4.90 Å². The number of ether oxygens (including phenoxy) is 1. The Morgan fingerprint density at radius 3 is 2.91 bits per heavy atom. The Kier molecular flexibility index (Phi) is 3.37. The summed E-state index contributed by atoms with van der Waals surface area (Å²) in [6.07, 6.45) is 1.71. The molecular formula is C13H11Cl2FN4O3. The Morgan fingerprint density at radius 1 is 1.35 bits per heavy atom. The number of halogens is 3. The maximum absolute atomic E-state index is 14.2. The highest BCUT2D eigenvalue weighted by Crippen LogP contribution is 2.43. The normalized spacial score (nSPS) is 26.0. The molecule has 0 aromatic carbocycles. The molecule has 2 unspecified atom stereocenters. The molecule has 0 amide bonds. The van der Waals surface area contributed by atoms with Crippen molar-refractivity contribution in [1.82, 2.24) is 15.0 Å². The van der Waals surface area contributed by atoms with Crippen LogP contribution >= 0.6 is 23.2 Å². The van der Waals surface area contributed by atoms with E-state index in [0.29, 0.717) is 6.42 Å². The summed E-state index contributed by atoms with van der Waals surface area (Å²) in [4.78, 5) is 12.9. The zero-order valence-corrected chi connectivity index (χ0v) is 13.1. The number of aliphatic hydroxyl groups is 2. The third-order valence-corrected chi connectivity index (χ3v) is 4.44. The van der Waals surface area contributed by atoms with E-state index in [1.807, 2.05) is 0 Å². The summed E-state index contributed by atoms with van der Waals surface area (Å²) in [7, 11) is 0. The van der Waals surface area contributed by atoms with Crippen LogP contribution in [0, 0.1) is 5.82 Å². The summed E-state index contributed by atoms with van der Waals surface area (Å²) in [5.74, 6) is -2.95. The Hall–Kier alpha value is -1.32. The van der Waals surface area contributed by atoms with E-state index in [9.17, 15) is 14.6 Å². The maximum atomic E-state index is 14.2. The van der Waals surface area contributed by atoms with Gasteiger partial charge in [-0.25, -0.2) is 14.4 Å². The predicted octanol–water partition coefficient (Wildman–Crippen LogP) is 1.48. The number of rotatable bonds is 1. The fourth-order valence-corrected chi connectivity index (χ4v) is 3.15. The van der Waals surface area contributed by atoms with Crippen LogP contribution in [0.4, 0.5) is 10.2 Å². The highest BCUT2D eigenvalue weighted by molar-refractivity contribution is 6.30. The molecule has 1 aliphatic carbocycles. The van der Waals surface area contributed by atoms with Crippen molar-refractivity contribution in [1.29, 1.82) is 0 Å². The second-order valence-corrected chi connectivity index (χ2v) is 6.24. The topological polar surface area (TPSA) is 91.6 Å². The SMILES string of the molecule is OC1(O)CCOC2CC2N1c1nc(Cl)nc2c(F)c(Cl)ncc12. The van der Waals surface area contributed by atoms with Gasteiger partial charge in [0.05, 0.1) is 24.1 Å². The van der Waals surface area contributed by atoms with E-state index in [4.69, 9.17) is 27.9 Å². The summed E-state index contributed by atoms with van der Waals surface area (Å²) in [6.45, 7) is 0.194. The van der Waals surface area contributed by atoms with E-state index < -0.39 is 11.7 Å². The van der Waals surface area contributed by atoms with Crippen molar-refractivity contribution >= 4 is 39.9 Å². The van der Waals surface area contributed by atoms with Gasteiger partial charge in [-0.2, -0.15) is 4.98 Å². The minimum absolute atomic E-state index is 0.0490. The molecule has 2 atom stereocenters. The lowest BCUT2D eigenvalue weighted by atomic mass is 10.2. The molecule has 1 saturated carbocycles. The molecule has 2 fully saturated rings. The lowest BCUT2D eigenvalue weighted by Crippen LogP contribution is -2.51. The van der Waals surface area contributed by atoms with E-state index in [-0.39, 0.29) is 52.3 Å². The van der Waals surface area contributed by atoms with E-state index in [1.165, 1.54) is 11.1 Å². The molecule has 3 heterocycles. The van der Waals surface area contributed by atoms with Crippen LogP contribution in [0.2, 0.25) is 10.4 Å². The molecule has 7 nitrogen and oxygen atoms in total. The van der Waals surface area contributed by atoms with Crippen LogP contribution in [-0.2, 0) is 4.74 Å². The highest BCUT2D eigenvalue weighted by atomic mass is 35.5. The Balaban J connectivity index is 1.96. The second kappa shape index (κ2) is 5.09. The van der Waals surface area contributed by atoms with Gasteiger partial charge in [0, 0.05) is 12.6 Å². The van der Waals surface area contributed by atoms with Crippen molar-refractivity contribution in [3.63, 3.8) is 0 Å². The third kappa shape index (κ3) is 2.41. The Bertz CT molecular complexity index is 806. The molecule has 23 heavy (non-hydrogen) atoms. The molecule has 0 radical (unpaired) electrons. The summed E-state index contributed by atoms with van der Waals surface area (Å²) in [5.41, 5.74) is -0.127. The minimum Gasteiger partial charge on any atom is -0.376 e. The van der Waals surface area contributed by atoms with Crippen LogP contribution in [0.5, 0.6) is 0 Å². The average Bonchev–Trinajstić information content (AvgIpc) is 3.22. The van der Waals surface area contributed by atoms with Crippen LogP contribution in [0.1, 0.15) is 12.8 Å². The molecule has 122 valence electrons. The number of fused-ring (bicyclic) bond motifs is 2. The summed E-state index contributed by atoms with van der Waals surface area (Å²) in [6, 6.07) is -0.291. The first-order valence-corrected chi connectivity index (χ1v) is 7.67. The van der Waals surface area contributed by atoms with Crippen molar-refractivity contribution in [2.45, 2.75) is 30.9 Å². The van der Waals surface area contributed by atoms with E-state index in [2.05, 4.69) is 15.0 Å². The van der Waals surface area contributed by atoms with Crippen molar-refractivity contribution in [3.8, 4) is 0 Å². The molecule has 1 saturated heterocycles. The molecule has 2 N–H and O–H groups in total. The van der Waals surface area contributed by atoms with Crippen molar-refractivity contribution in [2.75, 3.05) is 11.5 Å². The van der Waals surface area contributed by atoms with Gasteiger partial charge in [-0.1, -0.05) is 11.6 Å². The van der Waals surface area contributed by atoms with Crippen LogP contribution in [0.3, 0.4) is 0 Å². The molecule has 4 rings (SSSR count). The number of hydrogen-bond acceptors (Lipinski definition) is 7. The predicted molar refractivity (Wildman–Crippen MR) is 79.7 cm³/mol. The lowest BCUT2D eigenvalue weighted by molar-refractivity contribution is -0.168. The van der Waals surface area contributed by atoms with Gasteiger partial charge in [0.15, 0.2) is 11.0 Å². The zero-order chi connectivity index (χ0) is 16.4. The molecule has 0 spiro atoms. The lowest BCUT2D eigenvalue weighted by Gasteiger charge is -2.35. The van der Waals surface area contributed by atoms with Gasteiger partial charge in [-0.3, -0.25) is 4.90 Å². The first kappa shape index (κ1) is 15.2. The third-order valence-electron chi connectivity index (χ3n) is 4.01. The quantitative estimate of drug-likeness (QED) is 0.452. The number of hydrogen-bond donors (Lipinski definition) is 2. The molecule has 1 aliphatic heterocycles. The largest absolute Gasteiger partial charge is 0.376 e.